The first kappa shape index (κ1) is 29.7. The molecule has 1 aliphatic carbocycles. The van der Waals surface area contributed by atoms with Crippen LogP contribution in [0.3, 0.4) is 0 Å². The third-order valence-corrected chi connectivity index (χ3v) is 6.78. The zero-order valence-corrected chi connectivity index (χ0v) is 20.6. The van der Waals surface area contributed by atoms with Crippen molar-refractivity contribution in [1.29, 1.82) is 0 Å². The lowest BCUT2D eigenvalue weighted by atomic mass is 10.1. The Hall–Kier alpha value is -3.86. The Morgan fingerprint density at radius 2 is 1.82 bits per heavy atom. The molecule has 0 radical (unpaired) electrons. The molecule has 0 spiro atoms. The van der Waals surface area contributed by atoms with Crippen LogP contribution in [-0.4, -0.2) is 70.8 Å². The number of carboxylic acids is 3. The van der Waals surface area contributed by atoms with Gasteiger partial charge < -0.3 is 26.0 Å². The zero-order chi connectivity index (χ0) is 29.0. The van der Waals surface area contributed by atoms with E-state index in [1.807, 2.05) is 6.07 Å². The molecule has 2 aromatic rings. The van der Waals surface area contributed by atoms with Crippen LogP contribution in [0.2, 0.25) is 0 Å². The average Bonchev–Trinajstić information content (AvgIpc) is 3.44. The van der Waals surface area contributed by atoms with Crippen molar-refractivity contribution in [2.24, 2.45) is 0 Å². The second kappa shape index (κ2) is 11.9. The Morgan fingerprint density at radius 3 is 2.44 bits per heavy atom. The van der Waals surface area contributed by atoms with E-state index in [-0.39, 0.29) is 29.1 Å². The Labute approximate surface area is 221 Å². The third-order valence-electron chi connectivity index (χ3n) is 5.55. The summed E-state index contributed by atoms with van der Waals surface area (Å²) in [6.07, 6.45) is -3.19. The van der Waals surface area contributed by atoms with Crippen LogP contribution in [0.15, 0.2) is 24.3 Å². The van der Waals surface area contributed by atoms with Crippen molar-refractivity contribution in [3.05, 3.63) is 56.3 Å². The number of aryl methyl sites for hydroxylation is 1. The summed E-state index contributed by atoms with van der Waals surface area (Å²) in [7, 11) is 0. The van der Waals surface area contributed by atoms with E-state index in [2.05, 4.69) is 15.5 Å². The summed E-state index contributed by atoms with van der Waals surface area (Å²) < 4.78 is 31.7. The van der Waals surface area contributed by atoms with Crippen LogP contribution in [0.25, 0.3) is 0 Å². The highest BCUT2D eigenvalue weighted by atomic mass is 32.1. The van der Waals surface area contributed by atoms with E-state index >= 15 is 0 Å². The molecular formula is C23H21F3N2O10S. The number of alkyl halides is 3. The number of carbonyl (C=O) groups excluding carboxylic acids is 2. The number of thiophene rings is 1. The van der Waals surface area contributed by atoms with E-state index < -0.39 is 42.1 Å². The molecule has 0 bridgehead atoms. The molecule has 12 nitrogen and oxygen atoms in total. The Balaban J connectivity index is 0.000000532. The first-order valence-electron chi connectivity index (χ1n) is 11.1. The van der Waals surface area contributed by atoms with Gasteiger partial charge in [-0.25, -0.2) is 24.2 Å². The fourth-order valence-electron chi connectivity index (χ4n) is 3.77. The summed E-state index contributed by atoms with van der Waals surface area (Å²) in [5, 5.41) is 31.3. The van der Waals surface area contributed by atoms with E-state index in [1.54, 1.807) is 0 Å². The third kappa shape index (κ3) is 6.78. The van der Waals surface area contributed by atoms with Crippen molar-refractivity contribution in [2.75, 3.05) is 19.7 Å². The standard InChI is InChI=1S/C21H20N2O8S.C2HF3O2/c24-14(9-23-19(27)16-7-11-8-22-6-2-5-15(11)32-16)12-3-1-4-13-18(12)21(13,20(28)29)31-30-10-17(25)26;3-2(4,5)1(6)7/h1,3-4,7,22H,2,5-6,8-10H2,(H,23,27)(H,25,26)(H,28,29);(H,6,7). The zero-order valence-electron chi connectivity index (χ0n) is 19.8. The van der Waals surface area contributed by atoms with Gasteiger partial charge >= 0.3 is 24.1 Å². The number of carboxylic acid groups (broad SMARTS) is 3. The topological polar surface area (TPSA) is 189 Å². The summed E-state index contributed by atoms with van der Waals surface area (Å²) in [6, 6.07) is 6.20. The lowest BCUT2D eigenvalue weighted by molar-refractivity contribution is -0.333. The van der Waals surface area contributed by atoms with Crippen molar-refractivity contribution in [3.63, 3.8) is 0 Å². The first-order valence-corrected chi connectivity index (χ1v) is 11.9. The quantitative estimate of drug-likeness (QED) is 0.167. The first-order chi connectivity index (χ1) is 18.3. The van der Waals surface area contributed by atoms with Crippen LogP contribution in [0.1, 0.15) is 48.0 Å². The lowest BCUT2D eigenvalue weighted by Crippen LogP contribution is -2.30. The highest BCUT2D eigenvalue weighted by Gasteiger charge is 2.63. The molecular weight excluding hydrogens is 553 g/mol. The molecule has 210 valence electrons. The minimum absolute atomic E-state index is 0.0651. The number of hydrogen-bond donors (Lipinski definition) is 5. The molecule has 1 atom stereocenters. The summed E-state index contributed by atoms with van der Waals surface area (Å²) in [4.78, 5) is 67.8. The van der Waals surface area contributed by atoms with E-state index in [1.165, 1.54) is 29.5 Å². The van der Waals surface area contributed by atoms with Gasteiger partial charge in [0.2, 0.25) is 0 Å². The summed E-state index contributed by atoms with van der Waals surface area (Å²) in [5.41, 5.74) is -0.600. The second-order valence-electron chi connectivity index (χ2n) is 8.20. The van der Waals surface area contributed by atoms with Crippen molar-refractivity contribution in [2.45, 2.75) is 31.2 Å². The number of fused-ring (bicyclic) bond motifs is 2. The largest absolute Gasteiger partial charge is 0.490 e. The predicted octanol–water partition coefficient (Wildman–Crippen LogP) is 1.70. The Kier molecular flexibility index (Phi) is 9.06. The number of hydrogen-bond acceptors (Lipinski definition) is 9. The highest BCUT2D eigenvalue weighted by Crippen LogP contribution is 2.53. The second-order valence-corrected chi connectivity index (χ2v) is 9.34. The molecule has 5 N–H and O–H groups in total. The number of Topliss-reactive ketones (excluding diaryl/α,β-unsaturated/α-hetero) is 1. The van der Waals surface area contributed by atoms with Crippen LogP contribution >= 0.6 is 11.3 Å². The number of nitrogens with one attached hydrogen (secondary N) is 2. The Bertz CT molecular complexity index is 1290. The fourth-order valence-corrected chi connectivity index (χ4v) is 4.91. The molecule has 0 saturated carbocycles. The smallest absolute Gasteiger partial charge is 0.479 e. The molecule has 1 unspecified atom stereocenters. The van der Waals surface area contributed by atoms with Crippen molar-refractivity contribution in [3.8, 4) is 0 Å². The van der Waals surface area contributed by atoms with E-state index in [0.29, 0.717) is 11.4 Å². The fraction of sp³-hybridized carbons (Fsp3) is 0.348. The summed E-state index contributed by atoms with van der Waals surface area (Å²) >= 11 is 1.41. The SMILES string of the molecule is O=C(O)C(F)(F)F.O=C(O)COOC1(C(=O)O)c2cccc(C(=O)CNC(=O)c3cc4c(s3)CCCNC4)c21. The maximum absolute atomic E-state index is 12.8. The maximum atomic E-state index is 12.8. The van der Waals surface area contributed by atoms with Gasteiger partial charge in [0.25, 0.3) is 11.5 Å². The molecule has 1 amide bonds. The summed E-state index contributed by atoms with van der Waals surface area (Å²) in [6.45, 7) is 0.446. The van der Waals surface area contributed by atoms with E-state index in [0.717, 1.165) is 29.8 Å². The van der Waals surface area contributed by atoms with Gasteiger partial charge in [0.1, 0.15) is 0 Å². The minimum atomic E-state index is -5.08. The molecule has 1 aromatic heterocycles. The van der Waals surface area contributed by atoms with Gasteiger partial charge in [-0.3, -0.25) is 9.59 Å². The van der Waals surface area contributed by atoms with Gasteiger partial charge in [-0.05, 0) is 31.0 Å². The number of ketones is 1. The molecule has 1 aromatic carbocycles. The number of amides is 1. The molecule has 1 aliphatic heterocycles. The molecule has 16 heteroatoms. The molecule has 4 rings (SSSR count). The van der Waals surface area contributed by atoms with Gasteiger partial charge in [0.05, 0.1) is 11.4 Å². The van der Waals surface area contributed by atoms with Gasteiger partial charge in [0, 0.05) is 28.1 Å². The van der Waals surface area contributed by atoms with Crippen molar-refractivity contribution in [1.82, 2.24) is 10.6 Å². The van der Waals surface area contributed by atoms with Crippen LogP contribution in [0.5, 0.6) is 0 Å². The summed E-state index contributed by atoms with van der Waals surface area (Å²) in [5.74, 6) is -6.40. The highest BCUT2D eigenvalue weighted by molar-refractivity contribution is 7.14. The van der Waals surface area contributed by atoms with Gasteiger partial charge in [-0.1, -0.05) is 18.2 Å². The molecule has 39 heavy (non-hydrogen) atoms. The van der Waals surface area contributed by atoms with Crippen molar-refractivity contribution >= 4 is 40.9 Å². The molecule has 0 saturated heterocycles. The normalized spacial score (nSPS) is 17.4. The van der Waals surface area contributed by atoms with Crippen LogP contribution in [0, 0.1) is 0 Å². The van der Waals surface area contributed by atoms with Crippen LogP contribution in [-0.2, 0) is 42.7 Å². The number of carbonyl (C=O) groups is 5. The maximum Gasteiger partial charge on any atom is 0.490 e. The molecule has 0 fully saturated rings. The minimum Gasteiger partial charge on any atom is -0.479 e. The number of benzene rings is 1. The van der Waals surface area contributed by atoms with Gasteiger partial charge in [-0.2, -0.15) is 13.2 Å². The lowest BCUT2D eigenvalue weighted by Gasteiger charge is -2.11. The van der Waals surface area contributed by atoms with Crippen LogP contribution in [0.4, 0.5) is 13.2 Å². The van der Waals surface area contributed by atoms with Gasteiger partial charge in [-0.15, -0.1) is 11.3 Å². The number of halogens is 3. The van der Waals surface area contributed by atoms with E-state index in [4.69, 9.17) is 19.9 Å². The number of rotatable bonds is 9. The van der Waals surface area contributed by atoms with Gasteiger partial charge in [0.15, 0.2) is 12.4 Å². The van der Waals surface area contributed by atoms with Crippen molar-refractivity contribution < 1.29 is 62.2 Å². The number of aliphatic carboxylic acids is 3. The van der Waals surface area contributed by atoms with E-state index in [9.17, 15) is 37.5 Å². The average molecular weight is 574 g/mol. The molecule has 2 aliphatic rings. The molecule has 2 heterocycles. The monoisotopic (exact) mass is 574 g/mol. The predicted molar refractivity (Wildman–Crippen MR) is 124 cm³/mol. The Morgan fingerprint density at radius 1 is 1.13 bits per heavy atom. The van der Waals surface area contributed by atoms with Crippen LogP contribution < -0.4 is 10.6 Å².